The first-order valence-corrected chi connectivity index (χ1v) is 7.81. The molecule has 128 valence electrons. The molecule has 1 amide bonds. The molecular weight excluding hydrogens is 307 g/mol. The van der Waals surface area contributed by atoms with Crippen molar-refractivity contribution in [2.75, 3.05) is 13.1 Å². The van der Waals surface area contributed by atoms with Gasteiger partial charge in [-0.2, -0.15) is 13.2 Å². The van der Waals surface area contributed by atoms with E-state index >= 15 is 0 Å². The van der Waals surface area contributed by atoms with Gasteiger partial charge in [-0.3, -0.25) is 0 Å². The summed E-state index contributed by atoms with van der Waals surface area (Å²) in [5.41, 5.74) is -1.05. The van der Waals surface area contributed by atoms with Crippen molar-refractivity contribution in [3.05, 3.63) is 35.4 Å². The monoisotopic (exact) mass is 329 g/mol. The lowest BCUT2D eigenvalue weighted by Gasteiger charge is -2.32. The molecule has 0 atom stereocenters. The third-order valence-electron chi connectivity index (χ3n) is 3.86. The molecule has 1 aliphatic rings. The van der Waals surface area contributed by atoms with Gasteiger partial charge in [-0.15, -0.1) is 0 Å². The summed E-state index contributed by atoms with van der Waals surface area (Å²) in [5, 5.41) is 0. The molecule has 1 aromatic carbocycles. The molecular formula is C17H22F3NO2. The fourth-order valence-electron chi connectivity index (χ4n) is 2.76. The van der Waals surface area contributed by atoms with Crippen molar-refractivity contribution >= 4 is 6.09 Å². The van der Waals surface area contributed by atoms with Gasteiger partial charge < -0.3 is 9.64 Å². The van der Waals surface area contributed by atoms with E-state index in [0.29, 0.717) is 18.7 Å². The Balaban J connectivity index is 2.01. The number of rotatable bonds is 3. The van der Waals surface area contributed by atoms with E-state index < -0.39 is 17.3 Å². The van der Waals surface area contributed by atoms with Crippen LogP contribution in [0, 0.1) is 0 Å². The summed E-state index contributed by atoms with van der Waals surface area (Å²) >= 11 is 0. The van der Waals surface area contributed by atoms with Crippen LogP contribution < -0.4 is 0 Å². The van der Waals surface area contributed by atoms with Gasteiger partial charge in [-0.05, 0) is 44.7 Å². The SMILES string of the molecule is CC(C)(Cc1cccc(C(F)(F)F)c1)OC(=O)N1CCCCC1. The number of piperidine rings is 1. The van der Waals surface area contributed by atoms with Crippen LogP contribution in [0.3, 0.4) is 0 Å². The lowest BCUT2D eigenvalue weighted by molar-refractivity contribution is -0.137. The maximum Gasteiger partial charge on any atom is 0.416 e. The van der Waals surface area contributed by atoms with Gasteiger partial charge in [0.25, 0.3) is 0 Å². The first kappa shape index (κ1) is 17.6. The van der Waals surface area contributed by atoms with E-state index in [9.17, 15) is 18.0 Å². The number of benzene rings is 1. The molecule has 0 unspecified atom stereocenters. The zero-order valence-electron chi connectivity index (χ0n) is 13.4. The molecule has 1 aliphatic heterocycles. The van der Waals surface area contributed by atoms with Crippen LogP contribution >= 0.6 is 0 Å². The quantitative estimate of drug-likeness (QED) is 0.808. The molecule has 2 rings (SSSR count). The van der Waals surface area contributed by atoms with E-state index in [0.717, 1.165) is 31.4 Å². The Morgan fingerprint density at radius 1 is 1.17 bits per heavy atom. The molecule has 0 aromatic heterocycles. The van der Waals surface area contributed by atoms with Gasteiger partial charge >= 0.3 is 12.3 Å². The number of hydrogen-bond acceptors (Lipinski definition) is 2. The second-order valence-corrected chi connectivity index (χ2v) is 6.55. The van der Waals surface area contributed by atoms with Crippen LogP contribution in [-0.2, 0) is 17.3 Å². The minimum absolute atomic E-state index is 0.233. The Labute approximate surface area is 134 Å². The fourth-order valence-corrected chi connectivity index (χ4v) is 2.76. The molecule has 3 nitrogen and oxygen atoms in total. The summed E-state index contributed by atoms with van der Waals surface area (Å²) in [7, 11) is 0. The van der Waals surface area contributed by atoms with Gasteiger partial charge in [0.1, 0.15) is 5.60 Å². The molecule has 1 aromatic rings. The van der Waals surface area contributed by atoms with E-state index in [1.54, 1.807) is 24.8 Å². The maximum atomic E-state index is 12.8. The molecule has 1 heterocycles. The van der Waals surface area contributed by atoms with Gasteiger partial charge in [0.2, 0.25) is 0 Å². The van der Waals surface area contributed by atoms with Crippen molar-refractivity contribution in [3.63, 3.8) is 0 Å². The molecule has 6 heteroatoms. The Bertz CT molecular complexity index is 549. The van der Waals surface area contributed by atoms with Crippen LogP contribution in [0.1, 0.15) is 44.2 Å². The molecule has 0 aliphatic carbocycles. The smallest absolute Gasteiger partial charge is 0.416 e. The van der Waals surface area contributed by atoms with Gasteiger partial charge in [0.15, 0.2) is 0 Å². The number of carbonyl (C=O) groups is 1. The molecule has 1 saturated heterocycles. The van der Waals surface area contributed by atoms with Crippen LogP contribution in [0.4, 0.5) is 18.0 Å². The van der Waals surface area contributed by atoms with E-state index in [4.69, 9.17) is 4.74 Å². The van der Waals surface area contributed by atoms with E-state index in [1.807, 2.05) is 0 Å². The number of ether oxygens (including phenoxy) is 1. The van der Waals surface area contributed by atoms with E-state index in [1.165, 1.54) is 6.07 Å². The van der Waals surface area contributed by atoms with Crippen LogP contribution in [-0.4, -0.2) is 29.7 Å². The first-order valence-electron chi connectivity index (χ1n) is 7.81. The second kappa shape index (κ2) is 6.81. The van der Waals surface area contributed by atoms with Gasteiger partial charge in [-0.25, -0.2) is 4.79 Å². The van der Waals surface area contributed by atoms with Crippen LogP contribution in [0.25, 0.3) is 0 Å². The number of nitrogens with zero attached hydrogens (tertiary/aromatic N) is 1. The lowest BCUT2D eigenvalue weighted by Crippen LogP contribution is -2.41. The Hall–Kier alpha value is -1.72. The Morgan fingerprint density at radius 2 is 1.83 bits per heavy atom. The zero-order valence-corrected chi connectivity index (χ0v) is 13.4. The second-order valence-electron chi connectivity index (χ2n) is 6.55. The minimum atomic E-state index is -4.37. The van der Waals surface area contributed by atoms with Crippen molar-refractivity contribution in [2.45, 2.75) is 51.3 Å². The summed E-state index contributed by atoms with van der Waals surface area (Å²) in [6.07, 6.45) is -1.49. The predicted octanol–water partition coefficient (Wildman–Crippen LogP) is 4.65. The first-order chi connectivity index (χ1) is 10.7. The van der Waals surface area contributed by atoms with Crippen LogP contribution in [0.2, 0.25) is 0 Å². The third-order valence-corrected chi connectivity index (χ3v) is 3.86. The number of amides is 1. The van der Waals surface area contributed by atoms with Crippen molar-refractivity contribution in [2.24, 2.45) is 0 Å². The van der Waals surface area contributed by atoms with Crippen molar-refractivity contribution in [1.82, 2.24) is 4.90 Å². The largest absolute Gasteiger partial charge is 0.443 e. The normalized spacial score (nSPS) is 16.3. The Morgan fingerprint density at radius 3 is 2.43 bits per heavy atom. The highest BCUT2D eigenvalue weighted by molar-refractivity contribution is 5.68. The van der Waals surface area contributed by atoms with E-state index in [2.05, 4.69) is 0 Å². The number of alkyl halides is 3. The molecule has 0 bridgehead atoms. The van der Waals surface area contributed by atoms with Gasteiger partial charge in [0, 0.05) is 19.5 Å². The number of hydrogen-bond donors (Lipinski definition) is 0. The van der Waals surface area contributed by atoms with Gasteiger partial charge in [-0.1, -0.05) is 18.2 Å². The minimum Gasteiger partial charge on any atom is -0.443 e. The molecule has 0 saturated carbocycles. The van der Waals surface area contributed by atoms with Crippen molar-refractivity contribution in [1.29, 1.82) is 0 Å². The molecule has 0 spiro atoms. The third kappa shape index (κ3) is 5.15. The highest BCUT2D eigenvalue weighted by Gasteiger charge is 2.32. The summed E-state index contributed by atoms with van der Waals surface area (Å²) in [6.45, 7) is 4.79. The fraction of sp³-hybridized carbons (Fsp3) is 0.588. The highest BCUT2D eigenvalue weighted by Crippen LogP contribution is 2.30. The summed E-state index contributed by atoms with van der Waals surface area (Å²) in [4.78, 5) is 13.8. The number of halogens is 3. The maximum absolute atomic E-state index is 12.8. The highest BCUT2D eigenvalue weighted by atomic mass is 19.4. The van der Waals surface area contributed by atoms with Crippen molar-refractivity contribution < 1.29 is 22.7 Å². The number of likely N-dealkylation sites (tertiary alicyclic amines) is 1. The Kier molecular flexibility index (Phi) is 5.22. The average Bonchev–Trinajstić information content (AvgIpc) is 2.46. The average molecular weight is 329 g/mol. The molecule has 0 radical (unpaired) electrons. The summed E-state index contributed by atoms with van der Waals surface area (Å²) in [5.74, 6) is 0. The summed E-state index contributed by atoms with van der Waals surface area (Å²) < 4.78 is 43.8. The van der Waals surface area contributed by atoms with Crippen LogP contribution in [0.5, 0.6) is 0 Å². The van der Waals surface area contributed by atoms with E-state index in [-0.39, 0.29) is 12.5 Å². The molecule has 23 heavy (non-hydrogen) atoms. The zero-order chi connectivity index (χ0) is 17.1. The topological polar surface area (TPSA) is 29.5 Å². The lowest BCUT2D eigenvalue weighted by atomic mass is 9.97. The molecule has 1 fully saturated rings. The number of carbonyl (C=O) groups excluding carboxylic acids is 1. The molecule has 0 N–H and O–H groups in total. The standard InChI is InChI=1S/C17H22F3NO2/c1-16(2,23-15(22)21-9-4-3-5-10-21)12-13-7-6-8-14(11-13)17(18,19)20/h6-8,11H,3-5,9-10,12H2,1-2H3. The van der Waals surface area contributed by atoms with Crippen molar-refractivity contribution in [3.8, 4) is 0 Å². The van der Waals surface area contributed by atoms with Gasteiger partial charge in [0.05, 0.1) is 5.56 Å². The van der Waals surface area contributed by atoms with Crippen LogP contribution in [0.15, 0.2) is 24.3 Å². The summed E-state index contributed by atoms with van der Waals surface area (Å²) in [6, 6.07) is 5.14. The predicted molar refractivity (Wildman–Crippen MR) is 81.1 cm³/mol.